The van der Waals surface area contributed by atoms with Crippen molar-refractivity contribution in [2.24, 2.45) is 0 Å². The van der Waals surface area contributed by atoms with Crippen molar-refractivity contribution in [1.82, 2.24) is 10.1 Å². The number of carbonyl (C=O) groups is 2. The lowest BCUT2D eigenvalue weighted by Crippen LogP contribution is -2.30. The van der Waals surface area contributed by atoms with Crippen molar-refractivity contribution in [2.45, 2.75) is 33.8 Å². The van der Waals surface area contributed by atoms with Crippen LogP contribution in [0.1, 0.15) is 34.2 Å². The molecule has 0 radical (unpaired) electrons. The van der Waals surface area contributed by atoms with E-state index in [2.05, 4.69) is 15.5 Å². The molecule has 26 heavy (non-hydrogen) atoms. The minimum atomic E-state index is -0.966. The highest BCUT2D eigenvalue weighted by atomic mass is 16.5. The fraction of sp³-hybridized carbons (Fsp3) is 0.263. The highest BCUT2D eigenvalue weighted by Gasteiger charge is 2.23. The van der Waals surface area contributed by atoms with Gasteiger partial charge in [0.2, 0.25) is 0 Å². The molecule has 0 saturated heterocycles. The molecule has 0 unspecified atom stereocenters. The molecule has 0 fully saturated rings. The van der Waals surface area contributed by atoms with Crippen LogP contribution in [-0.2, 0) is 9.53 Å². The average Bonchev–Trinajstić information content (AvgIpc) is 2.94. The van der Waals surface area contributed by atoms with Gasteiger partial charge in [0.25, 0.3) is 11.6 Å². The van der Waals surface area contributed by atoms with Crippen molar-refractivity contribution >= 4 is 28.7 Å². The SMILES string of the molecule is Cc1cccc(NC(=O)[C@@H](C)OC(=O)c2cc(C)nc3onc(C)c23)c1. The molecule has 1 amide bonds. The number of nitrogens with zero attached hydrogens (tertiary/aromatic N) is 2. The van der Waals surface area contributed by atoms with Crippen LogP contribution in [0.2, 0.25) is 0 Å². The van der Waals surface area contributed by atoms with Crippen molar-refractivity contribution in [2.75, 3.05) is 5.32 Å². The first-order valence-electron chi connectivity index (χ1n) is 8.17. The predicted molar refractivity (Wildman–Crippen MR) is 96.0 cm³/mol. The normalized spacial score (nSPS) is 12.0. The molecule has 1 atom stereocenters. The number of rotatable bonds is 4. The summed E-state index contributed by atoms with van der Waals surface area (Å²) in [5.41, 5.74) is 3.35. The summed E-state index contributed by atoms with van der Waals surface area (Å²) in [6, 6.07) is 8.97. The maximum atomic E-state index is 12.6. The Balaban J connectivity index is 1.77. The Morgan fingerprint density at radius 3 is 2.69 bits per heavy atom. The van der Waals surface area contributed by atoms with Crippen molar-refractivity contribution in [1.29, 1.82) is 0 Å². The molecule has 7 nitrogen and oxygen atoms in total. The highest BCUT2D eigenvalue weighted by molar-refractivity contribution is 6.04. The van der Waals surface area contributed by atoms with Crippen LogP contribution in [0.5, 0.6) is 0 Å². The molecular weight excluding hydrogens is 334 g/mol. The predicted octanol–water partition coefficient (Wildman–Crippen LogP) is 3.33. The van der Waals surface area contributed by atoms with E-state index in [0.29, 0.717) is 22.5 Å². The molecule has 3 rings (SSSR count). The zero-order valence-corrected chi connectivity index (χ0v) is 15.0. The van der Waals surface area contributed by atoms with Crippen molar-refractivity contribution in [3.8, 4) is 0 Å². The maximum Gasteiger partial charge on any atom is 0.339 e. The molecule has 2 aromatic heterocycles. The number of esters is 1. The summed E-state index contributed by atoms with van der Waals surface area (Å²) in [6.07, 6.45) is -0.966. The lowest BCUT2D eigenvalue weighted by molar-refractivity contribution is -0.123. The topological polar surface area (TPSA) is 94.3 Å². The van der Waals surface area contributed by atoms with Gasteiger partial charge in [-0.3, -0.25) is 4.79 Å². The standard InChI is InChI=1S/C19H19N3O4/c1-10-6-5-7-14(8-10)21-17(23)13(4)25-19(24)15-9-11(2)20-18-16(15)12(3)22-26-18/h5-9,13H,1-4H3,(H,21,23)/t13-/m1/s1. The molecule has 3 aromatic rings. The van der Waals surface area contributed by atoms with E-state index in [0.717, 1.165) is 5.56 Å². The number of carbonyl (C=O) groups excluding carboxylic acids is 2. The molecule has 0 saturated carbocycles. The minimum Gasteiger partial charge on any atom is -0.449 e. The first kappa shape index (κ1) is 17.6. The number of aromatic nitrogens is 2. The molecule has 7 heteroatoms. The van der Waals surface area contributed by atoms with Crippen LogP contribution in [0.15, 0.2) is 34.9 Å². The summed E-state index contributed by atoms with van der Waals surface area (Å²) >= 11 is 0. The first-order valence-corrected chi connectivity index (χ1v) is 8.17. The van der Waals surface area contributed by atoms with E-state index in [1.807, 2.05) is 25.1 Å². The van der Waals surface area contributed by atoms with Crippen LogP contribution in [0.4, 0.5) is 5.69 Å². The zero-order chi connectivity index (χ0) is 18.8. The number of hydrogen-bond donors (Lipinski definition) is 1. The van der Waals surface area contributed by atoms with Gasteiger partial charge in [-0.25, -0.2) is 9.78 Å². The summed E-state index contributed by atoms with van der Waals surface area (Å²) in [4.78, 5) is 29.1. The molecule has 0 bridgehead atoms. The van der Waals surface area contributed by atoms with Gasteiger partial charge >= 0.3 is 5.97 Å². The van der Waals surface area contributed by atoms with Crippen LogP contribution in [0.25, 0.3) is 11.1 Å². The minimum absolute atomic E-state index is 0.270. The molecule has 0 aliphatic carbocycles. The van der Waals surface area contributed by atoms with E-state index >= 15 is 0 Å². The van der Waals surface area contributed by atoms with Crippen molar-refractivity contribution < 1.29 is 18.8 Å². The molecule has 1 N–H and O–H groups in total. The Morgan fingerprint density at radius 2 is 1.96 bits per heavy atom. The summed E-state index contributed by atoms with van der Waals surface area (Å²) in [5.74, 6) is -1.04. The number of benzene rings is 1. The third kappa shape index (κ3) is 3.56. The summed E-state index contributed by atoms with van der Waals surface area (Å²) in [6.45, 7) is 6.90. The van der Waals surface area contributed by atoms with Gasteiger partial charge < -0.3 is 14.6 Å². The first-order chi connectivity index (χ1) is 12.3. The number of nitrogens with one attached hydrogen (secondary N) is 1. The number of pyridine rings is 1. The van der Waals surface area contributed by atoms with E-state index < -0.39 is 18.0 Å². The molecule has 0 spiro atoms. The van der Waals surface area contributed by atoms with E-state index in [1.54, 1.807) is 26.0 Å². The van der Waals surface area contributed by atoms with Gasteiger partial charge in [-0.15, -0.1) is 0 Å². The molecule has 0 aliphatic heterocycles. The fourth-order valence-electron chi connectivity index (χ4n) is 2.62. The van der Waals surface area contributed by atoms with E-state index in [1.165, 1.54) is 6.92 Å². The Hall–Kier alpha value is -3.22. The zero-order valence-electron chi connectivity index (χ0n) is 15.0. The third-order valence-electron chi connectivity index (χ3n) is 3.90. The maximum absolute atomic E-state index is 12.6. The Labute approximate surface area is 150 Å². The van der Waals surface area contributed by atoms with Crippen molar-refractivity contribution in [3.63, 3.8) is 0 Å². The monoisotopic (exact) mass is 353 g/mol. The molecule has 2 heterocycles. The van der Waals surface area contributed by atoms with Crippen molar-refractivity contribution in [3.05, 3.63) is 52.8 Å². The fourth-order valence-corrected chi connectivity index (χ4v) is 2.62. The van der Waals surface area contributed by atoms with Crippen LogP contribution in [0, 0.1) is 20.8 Å². The average molecular weight is 353 g/mol. The van der Waals surface area contributed by atoms with E-state index in [9.17, 15) is 9.59 Å². The van der Waals surface area contributed by atoms with Gasteiger partial charge in [-0.05, 0) is 51.5 Å². The molecule has 0 aliphatic rings. The van der Waals surface area contributed by atoms with Crippen LogP contribution in [-0.4, -0.2) is 28.1 Å². The number of hydrogen-bond acceptors (Lipinski definition) is 6. The Kier molecular flexibility index (Phi) is 4.71. The number of fused-ring (bicyclic) bond motifs is 1. The van der Waals surface area contributed by atoms with Gasteiger partial charge in [0.15, 0.2) is 6.10 Å². The molecular formula is C19H19N3O4. The summed E-state index contributed by atoms with van der Waals surface area (Å²) < 4.78 is 10.5. The van der Waals surface area contributed by atoms with Gasteiger partial charge in [-0.1, -0.05) is 17.3 Å². The molecule has 1 aromatic carbocycles. The van der Waals surface area contributed by atoms with Crippen LogP contribution in [0.3, 0.4) is 0 Å². The van der Waals surface area contributed by atoms with Gasteiger partial charge in [0.1, 0.15) is 0 Å². The van der Waals surface area contributed by atoms with Gasteiger partial charge in [-0.2, -0.15) is 0 Å². The lowest BCUT2D eigenvalue weighted by atomic mass is 10.1. The van der Waals surface area contributed by atoms with Crippen LogP contribution >= 0.6 is 0 Å². The van der Waals surface area contributed by atoms with E-state index in [4.69, 9.17) is 9.26 Å². The number of aryl methyl sites for hydroxylation is 3. The Bertz CT molecular complexity index is 994. The second-order valence-electron chi connectivity index (χ2n) is 6.17. The second kappa shape index (κ2) is 6.95. The van der Waals surface area contributed by atoms with E-state index in [-0.39, 0.29) is 11.3 Å². The lowest BCUT2D eigenvalue weighted by Gasteiger charge is -2.14. The second-order valence-corrected chi connectivity index (χ2v) is 6.17. The smallest absolute Gasteiger partial charge is 0.339 e. The quantitative estimate of drug-likeness (QED) is 0.723. The molecule has 134 valence electrons. The Morgan fingerprint density at radius 1 is 1.19 bits per heavy atom. The summed E-state index contributed by atoms with van der Waals surface area (Å²) in [7, 11) is 0. The van der Waals surface area contributed by atoms with Crippen LogP contribution < -0.4 is 5.32 Å². The van der Waals surface area contributed by atoms with Gasteiger partial charge in [0, 0.05) is 11.4 Å². The number of anilines is 1. The largest absolute Gasteiger partial charge is 0.449 e. The number of ether oxygens (including phenoxy) is 1. The van der Waals surface area contributed by atoms with Gasteiger partial charge in [0.05, 0.1) is 16.6 Å². The third-order valence-corrected chi connectivity index (χ3v) is 3.90. The summed E-state index contributed by atoms with van der Waals surface area (Å²) in [5, 5.41) is 7.06. The highest BCUT2D eigenvalue weighted by Crippen LogP contribution is 2.23. The number of amides is 1.